The third-order valence-corrected chi connectivity index (χ3v) is 6.80. The molecule has 0 spiro atoms. The van der Waals surface area contributed by atoms with Gasteiger partial charge in [-0.25, -0.2) is 0 Å². The Balaban J connectivity index is 1.70. The standard InChI is InChI=1S/C28H28N4O3S/c1-18-8-14-24(31(18)19-9-11-20(33-2)12-10-19)27-26(22-7-5-6-16-29-22)30-28(36)32(27)23-15-13-21(34-3)17-25(23)35-4/h5-17,26-27H,1-4H3,(H,30,36). The van der Waals surface area contributed by atoms with Crippen molar-refractivity contribution >= 4 is 23.0 Å². The van der Waals surface area contributed by atoms with Crippen molar-refractivity contribution in [2.45, 2.75) is 19.0 Å². The molecule has 1 saturated heterocycles. The Kier molecular flexibility index (Phi) is 6.52. The second-order valence-electron chi connectivity index (χ2n) is 8.47. The summed E-state index contributed by atoms with van der Waals surface area (Å²) in [4.78, 5) is 6.79. The van der Waals surface area contributed by atoms with Gasteiger partial charge >= 0.3 is 0 Å². The molecule has 1 N–H and O–H groups in total. The van der Waals surface area contributed by atoms with E-state index in [0.717, 1.165) is 34.2 Å². The summed E-state index contributed by atoms with van der Waals surface area (Å²) in [6.07, 6.45) is 1.81. The van der Waals surface area contributed by atoms with Crippen LogP contribution in [0, 0.1) is 6.92 Å². The van der Waals surface area contributed by atoms with Crippen molar-refractivity contribution in [2.75, 3.05) is 26.2 Å². The van der Waals surface area contributed by atoms with Gasteiger partial charge in [-0.05, 0) is 79.8 Å². The van der Waals surface area contributed by atoms with Gasteiger partial charge in [0.25, 0.3) is 0 Å². The smallest absolute Gasteiger partial charge is 0.174 e. The summed E-state index contributed by atoms with van der Waals surface area (Å²) in [6.45, 7) is 2.10. The van der Waals surface area contributed by atoms with Crippen molar-refractivity contribution < 1.29 is 14.2 Å². The molecule has 0 amide bonds. The number of anilines is 1. The van der Waals surface area contributed by atoms with Crippen molar-refractivity contribution in [1.29, 1.82) is 0 Å². The molecule has 184 valence electrons. The van der Waals surface area contributed by atoms with E-state index >= 15 is 0 Å². The maximum absolute atomic E-state index is 5.92. The number of aromatic nitrogens is 2. The summed E-state index contributed by atoms with van der Waals surface area (Å²) in [7, 11) is 4.96. The van der Waals surface area contributed by atoms with Crippen LogP contribution in [0.25, 0.3) is 5.69 Å². The molecule has 5 rings (SSSR count). The van der Waals surface area contributed by atoms with Crippen LogP contribution in [0.2, 0.25) is 0 Å². The quantitative estimate of drug-likeness (QED) is 0.342. The number of benzene rings is 2. The minimum Gasteiger partial charge on any atom is -0.497 e. The van der Waals surface area contributed by atoms with Gasteiger partial charge < -0.3 is 29.0 Å². The lowest BCUT2D eigenvalue weighted by molar-refractivity contribution is 0.394. The average Bonchev–Trinajstić information content (AvgIpc) is 3.47. The number of hydrogen-bond donors (Lipinski definition) is 1. The first-order chi connectivity index (χ1) is 17.5. The number of thiocarbonyl (C=S) groups is 1. The third-order valence-electron chi connectivity index (χ3n) is 6.48. The molecule has 2 aromatic carbocycles. The fourth-order valence-electron chi connectivity index (χ4n) is 4.77. The molecule has 4 aromatic rings. The SMILES string of the molecule is COc1ccc(-n2c(C)ccc2C2C(c3ccccn3)NC(=S)N2c2ccc(OC)cc2OC)cc1. The number of nitrogens with one attached hydrogen (secondary N) is 1. The van der Waals surface area contributed by atoms with Crippen LogP contribution < -0.4 is 24.4 Å². The van der Waals surface area contributed by atoms with Crippen LogP contribution >= 0.6 is 12.2 Å². The predicted octanol–water partition coefficient (Wildman–Crippen LogP) is 5.38. The molecule has 2 unspecified atom stereocenters. The maximum Gasteiger partial charge on any atom is 0.174 e. The molecule has 0 aliphatic carbocycles. The number of pyridine rings is 1. The van der Waals surface area contributed by atoms with Gasteiger partial charge in [0.05, 0.1) is 38.8 Å². The van der Waals surface area contributed by atoms with Crippen LogP contribution in [0.5, 0.6) is 17.2 Å². The third kappa shape index (κ3) is 4.13. The zero-order valence-corrected chi connectivity index (χ0v) is 21.5. The number of nitrogens with zero attached hydrogens (tertiary/aromatic N) is 3. The lowest BCUT2D eigenvalue weighted by Crippen LogP contribution is -2.30. The van der Waals surface area contributed by atoms with E-state index in [4.69, 9.17) is 26.4 Å². The molecule has 1 aliphatic rings. The van der Waals surface area contributed by atoms with E-state index < -0.39 is 0 Å². The molecule has 36 heavy (non-hydrogen) atoms. The summed E-state index contributed by atoms with van der Waals surface area (Å²) in [5, 5.41) is 4.12. The fourth-order valence-corrected chi connectivity index (χ4v) is 5.11. The number of ether oxygens (including phenoxy) is 3. The van der Waals surface area contributed by atoms with Crippen molar-refractivity contribution in [1.82, 2.24) is 14.9 Å². The molecule has 2 atom stereocenters. The second-order valence-corrected chi connectivity index (χ2v) is 8.85. The van der Waals surface area contributed by atoms with Gasteiger partial charge in [-0.3, -0.25) is 4.98 Å². The van der Waals surface area contributed by atoms with Gasteiger partial charge in [-0.15, -0.1) is 0 Å². The molecule has 7 nitrogen and oxygen atoms in total. The van der Waals surface area contributed by atoms with Crippen molar-refractivity contribution in [3.05, 3.63) is 96.1 Å². The fraction of sp³-hybridized carbons (Fsp3) is 0.214. The Bertz CT molecular complexity index is 1370. The van der Waals surface area contributed by atoms with E-state index in [1.54, 1.807) is 21.3 Å². The van der Waals surface area contributed by atoms with Crippen LogP contribution in [0.15, 0.2) is 79.0 Å². The Morgan fingerprint density at radius 1 is 0.861 bits per heavy atom. The Morgan fingerprint density at radius 2 is 1.61 bits per heavy atom. The van der Waals surface area contributed by atoms with E-state index in [2.05, 4.69) is 51.0 Å². The van der Waals surface area contributed by atoms with E-state index in [1.165, 1.54) is 0 Å². The minimum atomic E-state index is -0.203. The molecule has 2 aromatic heterocycles. The first-order valence-electron chi connectivity index (χ1n) is 11.6. The van der Waals surface area contributed by atoms with E-state index in [-0.39, 0.29) is 12.1 Å². The molecule has 0 bridgehead atoms. The van der Waals surface area contributed by atoms with Crippen LogP contribution in [0.3, 0.4) is 0 Å². The largest absolute Gasteiger partial charge is 0.497 e. The highest BCUT2D eigenvalue weighted by molar-refractivity contribution is 7.80. The van der Waals surface area contributed by atoms with E-state index in [1.807, 2.05) is 54.7 Å². The summed E-state index contributed by atoms with van der Waals surface area (Å²) < 4.78 is 18.8. The topological polar surface area (TPSA) is 60.8 Å². The number of aryl methyl sites for hydroxylation is 1. The molecule has 0 saturated carbocycles. The van der Waals surface area contributed by atoms with Crippen molar-refractivity contribution in [3.63, 3.8) is 0 Å². The highest BCUT2D eigenvalue weighted by Gasteiger charge is 2.43. The van der Waals surface area contributed by atoms with Crippen LogP contribution in [0.1, 0.15) is 29.2 Å². The van der Waals surface area contributed by atoms with Gasteiger partial charge in [0.2, 0.25) is 0 Å². The van der Waals surface area contributed by atoms with Crippen LogP contribution in [0.4, 0.5) is 5.69 Å². The van der Waals surface area contributed by atoms with Crippen molar-refractivity contribution in [2.24, 2.45) is 0 Å². The number of rotatable bonds is 7. The summed E-state index contributed by atoms with van der Waals surface area (Å²) in [5.41, 5.74) is 4.96. The molecule has 0 radical (unpaired) electrons. The lowest BCUT2D eigenvalue weighted by atomic mass is 10.0. The summed E-state index contributed by atoms with van der Waals surface area (Å²) in [6, 6.07) is 23.6. The zero-order chi connectivity index (χ0) is 25.2. The van der Waals surface area contributed by atoms with E-state index in [0.29, 0.717) is 16.6 Å². The Labute approximate surface area is 216 Å². The normalized spacial score (nSPS) is 17.1. The number of hydrogen-bond acceptors (Lipinski definition) is 5. The summed E-state index contributed by atoms with van der Waals surface area (Å²) >= 11 is 5.92. The van der Waals surface area contributed by atoms with Crippen molar-refractivity contribution in [3.8, 4) is 22.9 Å². The second kappa shape index (κ2) is 9.91. The molecule has 1 fully saturated rings. The zero-order valence-electron chi connectivity index (χ0n) is 20.6. The Hall–Kier alpha value is -4.04. The van der Waals surface area contributed by atoms with Crippen LogP contribution in [-0.2, 0) is 0 Å². The van der Waals surface area contributed by atoms with Gasteiger partial charge in [0.15, 0.2) is 5.11 Å². The lowest BCUT2D eigenvalue weighted by Gasteiger charge is -2.30. The van der Waals surface area contributed by atoms with Gasteiger partial charge in [-0.1, -0.05) is 6.07 Å². The van der Waals surface area contributed by atoms with Gasteiger partial charge in [-0.2, -0.15) is 0 Å². The number of methoxy groups -OCH3 is 3. The average molecular weight is 501 g/mol. The van der Waals surface area contributed by atoms with E-state index in [9.17, 15) is 0 Å². The molecule has 3 heterocycles. The minimum absolute atomic E-state index is 0.184. The monoisotopic (exact) mass is 500 g/mol. The Morgan fingerprint density at radius 3 is 2.28 bits per heavy atom. The maximum atomic E-state index is 5.92. The highest BCUT2D eigenvalue weighted by Crippen LogP contribution is 2.46. The molecular formula is C28H28N4O3S. The summed E-state index contributed by atoms with van der Waals surface area (Å²) in [5.74, 6) is 2.19. The van der Waals surface area contributed by atoms with Gasteiger partial charge in [0.1, 0.15) is 23.3 Å². The molecule has 1 aliphatic heterocycles. The van der Waals surface area contributed by atoms with Gasteiger partial charge in [0, 0.05) is 29.3 Å². The molecule has 8 heteroatoms. The first-order valence-corrected chi connectivity index (χ1v) is 12.0. The molecular weight excluding hydrogens is 472 g/mol. The van der Waals surface area contributed by atoms with Crippen LogP contribution in [-0.4, -0.2) is 36.0 Å². The predicted molar refractivity (Wildman–Crippen MR) is 145 cm³/mol. The first kappa shape index (κ1) is 23.7. The highest BCUT2D eigenvalue weighted by atomic mass is 32.1.